The number of esters is 1. The molecule has 0 bridgehead atoms. The number of nitrogens with zero attached hydrogens (tertiary/aromatic N) is 1. The van der Waals surface area contributed by atoms with Crippen molar-refractivity contribution in [1.82, 2.24) is 4.98 Å². The van der Waals surface area contributed by atoms with Crippen LogP contribution in [0.15, 0.2) is 48.8 Å². The summed E-state index contributed by atoms with van der Waals surface area (Å²) in [6, 6.07) is 12.1. The molecule has 3 heteroatoms. The summed E-state index contributed by atoms with van der Waals surface area (Å²) < 4.78 is 4.62. The highest BCUT2D eigenvalue weighted by Gasteiger charge is 2.02. The van der Waals surface area contributed by atoms with Gasteiger partial charge < -0.3 is 4.74 Å². The molecule has 0 radical (unpaired) electrons. The Bertz CT molecular complexity index is 506. The van der Waals surface area contributed by atoms with Crippen LogP contribution in [0.1, 0.15) is 12.0 Å². The van der Waals surface area contributed by atoms with Crippen molar-refractivity contribution in [3.63, 3.8) is 0 Å². The lowest BCUT2D eigenvalue weighted by molar-refractivity contribution is -0.140. The molecule has 0 unspecified atom stereocenters. The average Bonchev–Trinajstić information content (AvgIpc) is 2.46. The smallest absolute Gasteiger partial charge is 0.305 e. The van der Waals surface area contributed by atoms with E-state index < -0.39 is 0 Å². The van der Waals surface area contributed by atoms with Gasteiger partial charge in [-0.1, -0.05) is 24.3 Å². The van der Waals surface area contributed by atoms with E-state index in [0.717, 1.165) is 16.7 Å². The highest BCUT2D eigenvalue weighted by molar-refractivity contribution is 5.69. The van der Waals surface area contributed by atoms with Crippen LogP contribution in [0.2, 0.25) is 0 Å². The van der Waals surface area contributed by atoms with Gasteiger partial charge in [-0.05, 0) is 35.2 Å². The quantitative estimate of drug-likeness (QED) is 0.773. The summed E-state index contributed by atoms with van der Waals surface area (Å²) in [5.74, 6) is -0.173. The molecular formula is C15H15NO2. The second kappa shape index (κ2) is 5.96. The number of carbonyl (C=O) groups is 1. The molecule has 18 heavy (non-hydrogen) atoms. The second-order valence-corrected chi connectivity index (χ2v) is 4.01. The first-order valence-electron chi connectivity index (χ1n) is 5.86. The maximum atomic E-state index is 11.0. The van der Waals surface area contributed by atoms with Crippen molar-refractivity contribution >= 4 is 5.97 Å². The molecule has 0 saturated carbocycles. The molecule has 0 saturated heterocycles. The molecule has 0 amide bonds. The highest BCUT2D eigenvalue weighted by Crippen LogP contribution is 2.19. The summed E-state index contributed by atoms with van der Waals surface area (Å²) in [5, 5.41) is 0. The largest absolute Gasteiger partial charge is 0.469 e. The molecule has 0 aliphatic carbocycles. The van der Waals surface area contributed by atoms with Crippen LogP contribution < -0.4 is 0 Å². The summed E-state index contributed by atoms with van der Waals surface area (Å²) in [5.41, 5.74) is 3.43. The molecule has 0 atom stereocenters. The number of hydrogen-bond acceptors (Lipinski definition) is 3. The van der Waals surface area contributed by atoms with E-state index in [1.807, 2.05) is 24.3 Å². The zero-order chi connectivity index (χ0) is 12.8. The van der Waals surface area contributed by atoms with E-state index in [1.54, 1.807) is 12.4 Å². The van der Waals surface area contributed by atoms with Crippen molar-refractivity contribution in [1.29, 1.82) is 0 Å². The Morgan fingerprint density at radius 3 is 2.28 bits per heavy atom. The minimum atomic E-state index is -0.173. The molecule has 0 fully saturated rings. The van der Waals surface area contributed by atoms with Gasteiger partial charge in [-0.25, -0.2) is 0 Å². The summed E-state index contributed by atoms with van der Waals surface area (Å²) in [6.07, 6.45) is 4.69. The van der Waals surface area contributed by atoms with Crippen LogP contribution in [0.25, 0.3) is 11.1 Å². The van der Waals surface area contributed by atoms with Crippen molar-refractivity contribution < 1.29 is 9.53 Å². The molecule has 0 aliphatic rings. The molecular weight excluding hydrogens is 226 g/mol. The Morgan fingerprint density at radius 1 is 1.06 bits per heavy atom. The number of carbonyl (C=O) groups excluding carboxylic acids is 1. The van der Waals surface area contributed by atoms with Gasteiger partial charge in [-0.2, -0.15) is 0 Å². The van der Waals surface area contributed by atoms with Gasteiger partial charge in [-0.15, -0.1) is 0 Å². The standard InChI is InChI=1S/C15H15NO2/c1-18-15(17)7-4-12-2-5-13(6-3-12)14-8-10-16-11-9-14/h2-3,5-6,8-11H,4,7H2,1H3. The number of benzene rings is 1. The van der Waals surface area contributed by atoms with Crippen molar-refractivity contribution in [2.24, 2.45) is 0 Å². The van der Waals surface area contributed by atoms with E-state index in [4.69, 9.17) is 0 Å². The predicted molar refractivity (Wildman–Crippen MR) is 70.0 cm³/mol. The van der Waals surface area contributed by atoms with Gasteiger partial charge in [0.15, 0.2) is 0 Å². The predicted octanol–water partition coefficient (Wildman–Crippen LogP) is 2.85. The van der Waals surface area contributed by atoms with Crippen LogP contribution in [0.5, 0.6) is 0 Å². The van der Waals surface area contributed by atoms with E-state index in [-0.39, 0.29) is 5.97 Å². The first-order chi connectivity index (χ1) is 8.79. The van der Waals surface area contributed by atoms with Gasteiger partial charge in [0.05, 0.1) is 7.11 Å². The normalized spacial score (nSPS) is 10.1. The second-order valence-electron chi connectivity index (χ2n) is 4.01. The Hall–Kier alpha value is -2.16. The van der Waals surface area contributed by atoms with Crippen molar-refractivity contribution in [3.8, 4) is 11.1 Å². The fraction of sp³-hybridized carbons (Fsp3) is 0.200. The van der Waals surface area contributed by atoms with Crippen molar-refractivity contribution in [2.75, 3.05) is 7.11 Å². The molecule has 1 heterocycles. The molecule has 92 valence electrons. The first kappa shape index (κ1) is 12.3. The third-order valence-electron chi connectivity index (χ3n) is 2.81. The first-order valence-corrected chi connectivity index (χ1v) is 5.86. The SMILES string of the molecule is COC(=O)CCc1ccc(-c2ccncc2)cc1. The van der Waals surface area contributed by atoms with Gasteiger partial charge >= 0.3 is 5.97 Å². The zero-order valence-electron chi connectivity index (χ0n) is 10.3. The fourth-order valence-electron chi connectivity index (χ4n) is 1.76. The van der Waals surface area contributed by atoms with E-state index >= 15 is 0 Å². The minimum Gasteiger partial charge on any atom is -0.469 e. The summed E-state index contributed by atoms with van der Waals surface area (Å²) in [7, 11) is 1.41. The lowest BCUT2D eigenvalue weighted by atomic mass is 10.0. The van der Waals surface area contributed by atoms with Crippen LogP contribution in [-0.4, -0.2) is 18.1 Å². The molecule has 2 aromatic rings. The van der Waals surface area contributed by atoms with Crippen LogP contribution in [0.4, 0.5) is 0 Å². The van der Waals surface area contributed by atoms with Crippen LogP contribution in [0.3, 0.4) is 0 Å². The molecule has 1 aromatic carbocycles. The van der Waals surface area contributed by atoms with Crippen LogP contribution >= 0.6 is 0 Å². The molecule has 3 nitrogen and oxygen atoms in total. The number of ether oxygens (including phenoxy) is 1. The lowest BCUT2D eigenvalue weighted by Gasteiger charge is -2.04. The van der Waals surface area contributed by atoms with E-state index in [9.17, 15) is 4.79 Å². The molecule has 0 N–H and O–H groups in total. The third-order valence-corrected chi connectivity index (χ3v) is 2.81. The van der Waals surface area contributed by atoms with E-state index in [2.05, 4.69) is 21.9 Å². The van der Waals surface area contributed by atoms with Crippen molar-refractivity contribution in [3.05, 3.63) is 54.4 Å². The van der Waals surface area contributed by atoms with Gasteiger partial charge in [0.1, 0.15) is 0 Å². The number of aromatic nitrogens is 1. The number of rotatable bonds is 4. The number of aryl methyl sites for hydroxylation is 1. The molecule has 0 spiro atoms. The number of pyridine rings is 1. The monoisotopic (exact) mass is 241 g/mol. The van der Waals surface area contributed by atoms with Crippen LogP contribution in [0, 0.1) is 0 Å². The fourth-order valence-corrected chi connectivity index (χ4v) is 1.76. The summed E-state index contributed by atoms with van der Waals surface area (Å²) in [6.45, 7) is 0. The topological polar surface area (TPSA) is 39.2 Å². The van der Waals surface area contributed by atoms with Gasteiger partial charge in [0.25, 0.3) is 0 Å². The Labute approximate surface area is 106 Å². The molecule has 2 rings (SSSR count). The summed E-state index contributed by atoms with van der Waals surface area (Å²) in [4.78, 5) is 15.0. The van der Waals surface area contributed by atoms with Gasteiger partial charge in [-0.3, -0.25) is 9.78 Å². The average molecular weight is 241 g/mol. The van der Waals surface area contributed by atoms with Gasteiger partial charge in [0.2, 0.25) is 0 Å². The van der Waals surface area contributed by atoms with E-state index in [0.29, 0.717) is 12.8 Å². The highest BCUT2D eigenvalue weighted by atomic mass is 16.5. The Balaban J connectivity index is 2.04. The van der Waals surface area contributed by atoms with Crippen molar-refractivity contribution in [2.45, 2.75) is 12.8 Å². The summed E-state index contributed by atoms with van der Waals surface area (Å²) >= 11 is 0. The Kier molecular flexibility index (Phi) is 4.07. The molecule has 1 aromatic heterocycles. The lowest BCUT2D eigenvalue weighted by Crippen LogP contribution is -2.01. The third kappa shape index (κ3) is 3.17. The zero-order valence-corrected chi connectivity index (χ0v) is 10.3. The van der Waals surface area contributed by atoms with E-state index in [1.165, 1.54) is 7.11 Å². The number of methoxy groups -OCH3 is 1. The minimum absolute atomic E-state index is 0.173. The maximum absolute atomic E-state index is 11.0. The maximum Gasteiger partial charge on any atom is 0.305 e. The van der Waals surface area contributed by atoms with Gasteiger partial charge in [0, 0.05) is 18.8 Å². The Morgan fingerprint density at radius 2 is 1.67 bits per heavy atom. The number of hydrogen-bond donors (Lipinski definition) is 0. The van der Waals surface area contributed by atoms with Crippen LogP contribution in [-0.2, 0) is 16.0 Å². The molecule has 0 aliphatic heterocycles.